The van der Waals surface area contributed by atoms with Crippen LogP contribution in [0.5, 0.6) is 0 Å². The molecular weight excluding hydrogens is 442 g/mol. The molecule has 32 heavy (non-hydrogen) atoms. The van der Waals surface area contributed by atoms with Crippen molar-refractivity contribution in [2.24, 2.45) is 0 Å². The highest BCUT2D eigenvalue weighted by atomic mass is 35.5. The highest BCUT2D eigenvalue weighted by Gasteiger charge is 2.30. The van der Waals surface area contributed by atoms with Crippen LogP contribution in [0.25, 0.3) is 6.08 Å². The maximum absolute atomic E-state index is 13.3. The number of nitrogens with zero attached hydrogens (tertiary/aromatic N) is 2. The zero-order chi connectivity index (χ0) is 22.3. The first-order valence-corrected chi connectivity index (χ1v) is 12.3. The van der Waals surface area contributed by atoms with Gasteiger partial charge in [0, 0.05) is 23.0 Å². The summed E-state index contributed by atoms with van der Waals surface area (Å²) >= 11 is 7.41. The Morgan fingerprint density at radius 3 is 2.50 bits per heavy atom. The minimum Gasteiger partial charge on any atom is -0.353 e. The third-order valence-corrected chi connectivity index (χ3v) is 7.08. The molecule has 1 fully saturated rings. The highest BCUT2D eigenvalue weighted by molar-refractivity contribution is 8.04. The maximum atomic E-state index is 13.3. The minimum atomic E-state index is -0.161. The number of carbonyl (C=O) groups excluding carboxylic acids is 2. The van der Waals surface area contributed by atoms with Gasteiger partial charge in [-0.1, -0.05) is 60.5 Å². The average molecular weight is 470 g/mol. The maximum Gasteiger partial charge on any atom is 0.265 e. The van der Waals surface area contributed by atoms with Crippen molar-refractivity contribution in [2.45, 2.75) is 30.6 Å². The van der Waals surface area contributed by atoms with Crippen molar-refractivity contribution in [1.82, 2.24) is 10.2 Å². The van der Waals surface area contributed by atoms with Gasteiger partial charge in [-0.3, -0.25) is 14.5 Å². The number of fused-ring (bicyclic) bond motifs is 1. The SMILES string of the molecule is O=C(CN1C(=O)/C(=C/c2ccc(Cl)cc2)Sc2ccccc21)NCCN1CCCCCC1. The fourth-order valence-corrected chi connectivity index (χ4v) is 5.23. The molecule has 0 aliphatic carbocycles. The summed E-state index contributed by atoms with van der Waals surface area (Å²) in [6, 6.07) is 15.1. The van der Waals surface area contributed by atoms with Crippen molar-refractivity contribution < 1.29 is 9.59 Å². The first-order chi connectivity index (χ1) is 15.6. The van der Waals surface area contributed by atoms with Crippen LogP contribution in [0, 0.1) is 0 Å². The van der Waals surface area contributed by atoms with Gasteiger partial charge in [0.1, 0.15) is 6.54 Å². The van der Waals surface area contributed by atoms with Crippen LogP contribution in [-0.4, -0.2) is 49.4 Å². The zero-order valence-electron chi connectivity index (χ0n) is 18.1. The van der Waals surface area contributed by atoms with E-state index in [1.165, 1.54) is 37.4 Å². The first kappa shape index (κ1) is 22.9. The Labute approximate surface area is 198 Å². The zero-order valence-corrected chi connectivity index (χ0v) is 19.6. The van der Waals surface area contributed by atoms with E-state index in [2.05, 4.69) is 10.2 Å². The van der Waals surface area contributed by atoms with Crippen LogP contribution >= 0.6 is 23.4 Å². The Kier molecular flexibility index (Phi) is 7.90. The Balaban J connectivity index is 1.43. The van der Waals surface area contributed by atoms with Crippen molar-refractivity contribution in [2.75, 3.05) is 37.6 Å². The van der Waals surface area contributed by atoms with Crippen LogP contribution in [0.2, 0.25) is 5.02 Å². The quantitative estimate of drug-likeness (QED) is 0.617. The first-order valence-electron chi connectivity index (χ1n) is 11.2. The lowest BCUT2D eigenvalue weighted by Crippen LogP contribution is -2.44. The van der Waals surface area contributed by atoms with Gasteiger partial charge in [-0.25, -0.2) is 0 Å². The number of benzene rings is 2. The van der Waals surface area contributed by atoms with Crippen molar-refractivity contribution in [3.63, 3.8) is 0 Å². The van der Waals surface area contributed by atoms with E-state index in [4.69, 9.17) is 11.6 Å². The fraction of sp³-hybridized carbons (Fsp3) is 0.360. The molecule has 0 spiro atoms. The number of amides is 2. The van der Waals surface area contributed by atoms with Crippen LogP contribution in [0.1, 0.15) is 31.2 Å². The molecule has 0 unspecified atom stereocenters. The molecule has 2 amide bonds. The van der Waals surface area contributed by atoms with Crippen molar-refractivity contribution in [1.29, 1.82) is 0 Å². The van der Waals surface area contributed by atoms with Crippen LogP contribution in [0.3, 0.4) is 0 Å². The molecule has 0 radical (unpaired) electrons. The average Bonchev–Trinajstić information content (AvgIpc) is 3.07. The monoisotopic (exact) mass is 469 g/mol. The standard InChI is InChI=1S/C25H28ClN3O2S/c26-20-11-9-19(10-12-20)17-23-25(31)29(21-7-3-4-8-22(21)32-23)18-24(30)27-13-16-28-14-5-1-2-6-15-28/h3-4,7-12,17H,1-2,5-6,13-16,18H2,(H,27,30)/b23-17-. The number of hydrogen-bond donors (Lipinski definition) is 1. The van der Waals surface area contributed by atoms with Crippen LogP contribution in [0.15, 0.2) is 58.3 Å². The number of likely N-dealkylation sites (tertiary alicyclic amines) is 1. The molecule has 168 valence electrons. The molecule has 4 rings (SSSR count). The van der Waals surface area contributed by atoms with Gasteiger partial charge in [0.15, 0.2) is 0 Å². The smallest absolute Gasteiger partial charge is 0.265 e. The summed E-state index contributed by atoms with van der Waals surface area (Å²) in [5, 5.41) is 3.66. The molecule has 2 aliphatic rings. The molecule has 2 aromatic rings. The lowest BCUT2D eigenvalue weighted by atomic mass is 10.2. The number of halogens is 1. The van der Waals surface area contributed by atoms with E-state index in [-0.39, 0.29) is 18.4 Å². The third-order valence-electron chi connectivity index (χ3n) is 5.75. The Bertz CT molecular complexity index is 985. The molecule has 7 heteroatoms. The van der Waals surface area contributed by atoms with Crippen LogP contribution < -0.4 is 10.2 Å². The molecule has 2 heterocycles. The van der Waals surface area contributed by atoms with Gasteiger partial charge in [-0.05, 0) is 61.8 Å². The number of hydrogen-bond acceptors (Lipinski definition) is 4. The summed E-state index contributed by atoms with van der Waals surface area (Å²) < 4.78 is 0. The molecule has 0 aromatic heterocycles. The van der Waals surface area contributed by atoms with E-state index in [1.807, 2.05) is 42.5 Å². The summed E-state index contributed by atoms with van der Waals surface area (Å²) in [5.41, 5.74) is 1.67. The Morgan fingerprint density at radius 1 is 1.03 bits per heavy atom. The Morgan fingerprint density at radius 2 is 1.75 bits per heavy atom. The van der Waals surface area contributed by atoms with E-state index in [0.29, 0.717) is 16.5 Å². The van der Waals surface area contributed by atoms with Gasteiger partial charge in [-0.15, -0.1) is 0 Å². The molecule has 0 atom stereocenters. The van der Waals surface area contributed by atoms with Crippen molar-refractivity contribution in [3.05, 3.63) is 64.0 Å². The van der Waals surface area contributed by atoms with E-state index in [9.17, 15) is 9.59 Å². The summed E-state index contributed by atoms with van der Waals surface area (Å²) in [5.74, 6) is -0.299. The number of anilines is 1. The van der Waals surface area contributed by atoms with E-state index in [1.54, 1.807) is 17.0 Å². The van der Waals surface area contributed by atoms with Gasteiger partial charge in [0.25, 0.3) is 5.91 Å². The molecule has 0 bridgehead atoms. The largest absolute Gasteiger partial charge is 0.353 e. The highest BCUT2D eigenvalue weighted by Crippen LogP contribution is 2.41. The summed E-state index contributed by atoms with van der Waals surface area (Å²) in [6.45, 7) is 3.67. The number of carbonyl (C=O) groups is 2. The van der Waals surface area contributed by atoms with E-state index >= 15 is 0 Å². The van der Waals surface area contributed by atoms with Gasteiger partial charge < -0.3 is 10.2 Å². The van der Waals surface area contributed by atoms with Crippen LogP contribution in [-0.2, 0) is 9.59 Å². The second kappa shape index (κ2) is 11.0. The lowest BCUT2D eigenvalue weighted by Gasteiger charge is -2.30. The molecule has 2 aliphatic heterocycles. The summed E-state index contributed by atoms with van der Waals surface area (Å²) in [6.07, 6.45) is 6.90. The van der Waals surface area contributed by atoms with Gasteiger partial charge in [0.05, 0.1) is 10.6 Å². The Hall–Kier alpha value is -2.28. The molecule has 0 saturated carbocycles. The summed E-state index contributed by atoms with van der Waals surface area (Å²) in [4.78, 5) is 31.5. The molecule has 1 saturated heterocycles. The molecule has 2 aromatic carbocycles. The number of thioether (sulfide) groups is 1. The van der Waals surface area contributed by atoms with Crippen molar-refractivity contribution in [3.8, 4) is 0 Å². The van der Waals surface area contributed by atoms with E-state index in [0.717, 1.165) is 35.8 Å². The molecule has 1 N–H and O–H groups in total. The number of rotatable bonds is 6. The van der Waals surface area contributed by atoms with Gasteiger partial charge in [0.2, 0.25) is 5.91 Å². The second-order valence-corrected chi connectivity index (χ2v) is 9.65. The topological polar surface area (TPSA) is 52.7 Å². The minimum absolute atomic E-state index is 0.00830. The lowest BCUT2D eigenvalue weighted by molar-refractivity contribution is -0.122. The third kappa shape index (κ3) is 5.94. The normalized spacial score (nSPS) is 18.3. The fourth-order valence-electron chi connectivity index (χ4n) is 4.04. The second-order valence-electron chi connectivity index (χ2n) is 8.13. The van der Waals surface area contributed by atoms with Crippen LogP contribution in [0.4, 0.5) is 5.69 Å². The molecule has 5 nitrogen and oxygen atoms in total. The van der Waals surface area contributed by atoms with Crippen molar-refractivity contribution >= 4 is 46.9 Å². The molecular formula is C25H28ClN3O2S. The number of nitrogens with one attached hydrogen (secondary N) is 1. The van der Waals surface area contributed by atoms with E-state index < -0.39 is 0 Å². The summed E-state index contributed by atoms with van der Waals surface area (Å²) in [7, 11) is 0. The van der Waals surface area contributed by atoms with Gasteiger partial charge >= 0.3 is 0 Å². The predicted molar refractivity (Wildman–Crippen MR) is 132 cm³/mol. The number of para-hydroxylation sites is 1. The predicted octanol–water partition coefficient (Wildman–Crippen LogP) is 4.81. The van der Waals surface area contributed by atoms with Gasteiger partial charge in [-0.2, -0.15) is 0 Å².